The Morgan fingerprint density at radius 3 is 2.67 bits per heavy atom. The summed E-state index contributed by atoms with van der Waals surface area (Å²) in [6, 6.07) is 17.1. The van der Waals surface area contributed by atoms with Crippen molar-refractivity contribution < 1.29 is 18.6 Å². The van der Waals surface area contributed by atoms with E-state index in [1.807, 2.05) is 48.5 Å². The number of pyridine rings is 1. The third-order valence-corrected chi connectivity index (χ3v) is 6.90. The minimum atomic E-state index is -0.177. The smallest absolute Gasteiger partial charge is 0.252 e. The van der Waals surface area contributed by atoms with Crippen molar-refractivity contribution in [3.05, 3.63) is 93.9 Å². The largest absolute Gasteiger partial charge is 0.497 e. The van der Waals surface area contributed by atoms with Gasteiger partial charge in [-0.15, -0.1) is 5.10 Å². The minimum absolute atomic E-state index is 0.161. The lowest BCUT2D eigenvalue weighted by molar-refractivity contribution is 0.161. The summed E-state index contributed by atoms with van der Waals surface area (Å²) >= 11 is 0. The molecular weight excluding hydrogens is 500 g/mol. The van der Waals surface area contributed by atoms with Crippen molar-refractivity contribution >= 4 is 10.9 Å². The zero-order valence-corrected chi connectivity index (χ0v) is 21.7. The molecule has 6 rings (SSSR count). The second-order valence-corrected chi connectivity index (χ2v) is 9.37. The molecule has 1 aliphatic rings. The number of furan rings is 1. The van der Waals surface area contributed by atoms with Crippen molar-refractivity contribution in [1.29, 1.82) is 0 Å². The van der Waals surface area contributed by atoms with Gasteiger partial charge in [-0.2, -0.15) is 0 Å². The normalized spacial score (nSPS) is 13.3. The van der Waals surface area contributed by atoms with Crippen LogP contribution in [-0.2, 0) is 19.6 Å². The van der Waals surface area contributed by atoms with Gasteiger partial charge in [0.15, 0.2) is 17.3 Å². The first-order chi connectivity index (χ1) is 19.1. The Morgan fingerprint density at radius 1 is 1.10 bits per heavy atom. The number of methoxy groups -OCH3 is 1. The fraction of sp³-hybridized carbons (Fsp3) is 0.286. The quantitative estimate of drug-likeness (QED) is 0.286. The van der Waals surface area contributed by atoms with E-state index in [9.17, 15) is 4.79 Å². The molecule has 0 fully saturated rings. The third-order valence-electron chi connectivity index (χ3n) is 6.90. The number of hydrogen-bond acceptors (Lipinski definition) is 9. The van der Waals surface area contributed by atoms with E-state index >= 15 is 0 Å². The van der Waals surface area contributed by atoms with E-state index in [4.69, 9.17) is 18.6 Å². The number of nitrogens with zero attached hydrogens (tertiary/aromatic N) is 5. The van der Waals surface area contributed by atoms with Crippen LogP contribution in [0.25, 0.3) is 10.9 Å². The van der Waals surface area contributed by atoms with Crippen LogP contribution in [0.15, 0.2) is 70.1 Å². The van der Waals surface area contributed by atoms with Crippen LogP contribution in [0.2, 0.25) is 0 Å². The first-order valence-corrected chi connectivity index (χ1v) is 12.7. The predicted octanol–water partition coefficient (Wildman–Crippen LogP) is 4.05. The zero-order chi connectivity index (χ0) is 26.8. The maximum atomic E-state index is 13.3. The molecule has 1 N–H and O–H groups in total. The summed E-state index contributed by atoms with van der Waals surface area (Å²) in [7, 11) is 1.64. The van der Waals surface area contributed by atoms with Crippen molar-refractivity contribution in [1.82, 2.24) is 30.1 Å². The molecule has 0 saturated heterocycles. The third kappa shape index (κ3) is 5.08. The van der Waals surface area contributed by atoms with Gasteiger partial charge in [0.1, 0.15) is 18.1 Å². The molecule has 200 valence electrons. The molecule has 5 aromatic rings. The van der Waals surface area contributed by atoms with Crippen LogP contribution in [-0.4, -0.2) is 44.0 Å². The van der Waals surface area contributed by atoms with Gasteiger partial charge < -0.3 is 23.6 Å². The van der Waals surface area contributed by atoms with Gasteiger partial charge in [-0.25, -0.2) is 4.68 Å². The molecule has 2 aromatic carbocycles. The van der Waals surface area contributed by atoms with Gasteiger partial charge >= 0.3 is 0 Å². The maximum absolute atomic E-state index is 13.3. The topological polar surface area (TPSA) is 121 Å². The summed E-state index contributed by atoms with van der Waals surface area (Å²) in [4.78, 5) is 18.5. The van der Waals surface area contributed by atoms with Gasteiger partial charge in [0.25, 0.3) is 5.56 Å². The predicted molar refractivity (Wildman–Crippen MR) is 142 cm³/mol. The Morgan fingerprint density at radius 2 is 1.92 bits per heavy atom. The number of H-pyrrole nitrogens is 1. The van der Waals surface area contributed by atoms with E-state index in [1.165, 1.54) is 0 Å². The Balaban J connectivity index is 1.37. The lowest BCUT2D eigenvalue weighted by Gasteiger charge is -2.30. The van der Waals surface area contributed by atoms with Crippen LogP contribution in [0, 0.1) is 0 Å². The molecule has 0 aliphatic carbocycles. The summed E-state index contributed by atoms with van der Waals surface area (Å²) in [6.45, 7) is 3.60. The van der Waals surface area contributed by atoms with Crippen LogP contribution in [0.4, 0.5) is 0 Å². The Hall–Kier alpha value is -4.64. The summed E-state index contributed by atoms with van der Waals surface area (Å²) in [5.74, 6) is 3.53. The van der Waals surface area contributed by atoms with Gasteiger partial charge in [0, 0.05) is 30.1 Å². The van der Waals surface area contributed by atoms with Crippen LogP contribution in [0.5, 0.6) is 17.2 Å². The average molecular weight is 529 g/mol. The van der Waals surface area contributed by atoms with Crippen LogP contribution in [0.3, 0.4) is 0 Å². The maximum Gasteiger partial charge on any atom is 0.252 e. The molecule has 11 heteroatoms. The molecule has 3 aromatic heterocycles. The summed E-state index contributed by atoms with van der Waals surface area (Å²) in [6.07, 6.45) is 2.35. The number of ether oxygens (including phenoxy) is 3. The lowest BCUT2D eigenvalue weighted by atomic mass is 10.1. The lowest BCUT2D eigenvalue weighted by Crippen LogP contribution is -2.32. The van der Waals surface area contributed by atoms with Crippen molar-refractivity contribution in [3.8, 4) is 17.2 Å². The van der Waals surface area contributed by atoms with Crippen LogP contribution < -0.4 is 19.8 Å². The Labute approximate surface area is 223 Å². The highest BCUT2D eigenvalue weighted by atomic mass is 16.7. The van der Waals surface area contributed by atoms with E-state index in [0.29, 0.717) is 48.0 Å². The standard InChI is InChI=1S/C28H28N6O5/c1-3-24(27-30-31-32-34(27)16-22-5-4-10-37-22)33(14-18-6-8-21(36-2)9-7-18)15-20-11-19-12-25-26(39-17-38-25)13-23(19)29-28(20)35/h4-13,24H,3,14-17H2,1-2H3,(H,29,35)/t24-/m1/s1. The molecular formula is C28H28N6O5. The van der Waals surface area contributed by atoms with Crippen LogP contribution >= 0.6 is 0 Å². The van der Waals surface area contributed by atoms with E-state index in [2.05, 4.69) is 32.3 Å². The van der Waals surface area contributed by atoms with Crippen molar-refractivity contribution in [2.45, 2.75) is 39.0 Å². The number of nitrogens with one attached hydrogen (secondary N) is 1. The Kier molecular flexibility index (Phi) is 6.72. The van der Waals surface area contributed by atoms with Gasteiger partial charge in [-0.1, -0.05) is 19.1 Å². The zero-order valence-electron chi connectivity index (χ0n) is 21.7. The first kappa shape index (κ1) is 24.7. The molecule has 0 radical (unpaired) electrons. The monoisotopic (exact) mass is 528 g/mol. The van der Waals surface area contributed by atoms with E-state index < -0.39 is 0 Å². The van der Waals surface area contributed by atoms with Gasteiger partial charge in [0.05, 0.1) is 24.9 Å². The first-order valence-electron chi connectivity index (χ1n) is 12.7. The summed E-state index contributed by atoms with van der Waals surface area (Å²) < 4.78 is 23.6. The van der Waals surface area contributed by atoms with Gasteiger partial charge in [0.2, 0.25) is 6.79 Å². The van der Waals surface area contributed by atoms with Gasteiger partial charge in [-0.3, -0.25) is 9.69 Å². The number of benzene rings is 2. The van der Waals surface area contributed by atoms with Gasteiger partial charge in [-0.05, 0) is 58.8 Å². The second-order valence-electron chi connectivity index (χ2n) is 9.37. The molecule has 0 bridgehead atoms. The Bertz CT molecular complexity index is 1630. The highest BCUT2D eigenvalue weighted by Crippen LogP contribution is 2.35. The van der Waals surface area contributed by atoms with E-state index in [-0.39, 0.29) is 18.4 Å². The SMILES string of the molecule is CC[C@H](c1nnnn1Cc1ccco1)N(Cc1ccc(OC)cc1)Cc1cc2cc3c(cc2[nH]c1=O)OCO3. The highest BCUT2D eigenvalue weighted by molar-refractivity contribution is 5.83. The average Bonchev–Trinajstić information content (AvgIpc) is 3.72. The van der Waals surface area contributed by atoms with Crippen molar-refractivity contribution in [2.75, 3.05) is 13.9 Å². The fourth-order valence-corrected chi connectivity index (χ4v) is 4.94. The molecule has 0 unspecified atom stereocenters. The molecule has 4 heterocycles. The second kappa shape index (κ2) is 10.6. The highest BCUT2D eigenvalue weighted by Gasteiger charge is 2.27. The fourth-order valence-electron chi connectivity index (χ4n) is 4.94. The van der Waals surface area contributed by atoms with Crippen molar-refractivity contribution in [3.63, 3.8) is 0 Å². The number of hydrogen-bond donors (Lipinski definition) is 1. The van der Waals surface area contributed by atoms with E-state index in [0.717, 1.165) is 28.9 Å². The molecule has 1 atom stereocenters. The molecule has 0 saturated carbocycles. The number of tetrazole rings is 1. The number of aromatic amines is 1. The summed E-state index contributed by atoms with van der Waals surface area (Å²) in [5, 5.41) is 13.5. The number of rotatable bonds is 10. The molecule has 39 heavy (non-hydrogen) atoms. The van der Waals surface area contributed by atoms with Crippen molar-refractivity contribution in [2.24, 2.45) is 0 Å². The molecule has 0 amide bonds. The molecule has 1 aliphatic heterocycles. The number of aromatic nitrogens is 5. The summed E-state index contributed by atoms with van der Waals surface area (Å²) in [5.41, 5.74) is 2.23. The molecule has 11 nitrogen and oxygen atoms in total. The van der Waals surface area contributed by atoms with E-state index in [1.54, 1.807) is 24.1 Å². The number of fused-ring (bicyclic) bond motifs is 2. The van der Waals surface area contributed by atoms with Crippen LogP contribution in [0.1, 0.15) is 42.1 Å². The molecule has 0 spiro atoms. The minimum Gasteiger partial charge on any atom is -0.497 e.